The van der Waals surface area contributed by atoms with Crippen molar-refractivity contribution < 1.29 is 14.3 Å². The van der Waals surface area contributed by atoms with Gasteiger partial charge in [-0.15, -0.1) is 11.3 Å². The van der Waals surface area contributed by atoms with Gasteiger partial charge in [0.2, 0.25) is 0 Å². The number of fused-ring (bicyclic) bond motifs is 1. The number of methoxy groups -OCH3 is 1. The molecule has 2 aromatic carbocycles. The van der Waals surface area contributed by atoms with Gasteiger partial charge in [-0.05, 0) is 95.3 Å². The second-order valence-corrected chi connectivity index (χ2v) is 11.3. The van der Waals surface area contributed by atoms with E-state index in [1.165, 1.54) is 17.4 Å². The van der Waals surface area contributed by atoms with E-state index in [0.717, 1.165) is 49.7 Å². The van der Waals surface area contributed by atoms with Gasteiger partial charge in [-0.2, -0.15) is 10.5 Å². The van der Waals surface area contributed by atoms with Crippen LogP contribution in [0.25, 0.3) is 6.08 Å². The summed E-state index contributed by atoms with van der Waals surface area (Å²) in [6.07, 6.45) is 5.40. The lowest BCUT2D eigenvalue weighted by Gasteiger charge is -2.14. The summed E-state index contributed by atoms with van der Waals surface area (Å²) in [5.41, 5.74) is 3.13. The molecule has 1 aliphatic carbocycles. The number of nitrogens with one attached hydrogen (secondary N) is 1. The molecule has 0 radical (unpaired) electrons. The Morgan fingerprint density at radius 2 is 1.97 bits per heavy atom. The SMILES string of the molecule is COc1cc(/C=C(\C#N)C(=O)Nc2sc3c(c2C#N)CCCC3)cc(I)c1OCc1ccc(Br)cc1. The minimum Gasteiger partial charge on any atom is -0.493 e. The van der Waals surface area contributed by atoms with Crippen LogP contribution in [0.4, 0.5) is 5.00 Å². The summed E-state index contributed by atoms with van der Waals surface area (Å²) in [5, 5.41) is 22.7. The molecule has 1 N–H and O–H groups in total. The molecule has 1 heterocycles. The molecule has 0 atom stereocenters. The van der Waals surface area contributed by atoms with Crippen LogP contribution in [-0.2, 0) is 24.2 Å². The number of anilines is 1. The molecule has 1 aliphatic rings. The third kappa shape index (κ3) is 5.92. The number of carbonyl (C=O) groups excluding carboxylic acids is 1. The van der Waals surface area contributed by atoms with E-state index >= 15 is 0 Å². The number of aryl methyl sites for hydroxylation is 1. The lowest BCUT2D eigenvalue weighted by molar-refractivity contribution is -0.112. The monoisotopic (exact) mass is 673 g/mol. The number of rotatable bonds is 7. The van der Waals surface area contributed by atoms with Crippen LogP contribution < -0.4 is 14.8 Å². The first-order chi connectivity index (χ1) is 17.4. The Labute approximate surface area is 235 Å². The van der Waals surface area contributed by atoms with Crippen molar-refractivity contribution in [3.8, 4) is 23.6 Å². The Morgan fingerprint density at radius 1 is 1.22 bits per heavy atom. The van der Waals surface area contributed by atoms with Crippen LogP contribution in [0.2, 0.25) is 0 Å². The van der Waals surface area contributed by atoms with E-state index in [1.807, 2.05) is 36.4 Å². The van der Waals surface area contributed by atoms with Crippen molar-refractivity contribution in [1.29, 1.82) is 10.5 Å². The predicted octanol–water partition coefficient (Wildman–Crippen LogP) is 7.00. The number of benzene rings is 2. The Balaban J connectivity index is 1.55. The minimum atomic E-state index is -0.544. The zero-order valence-electron chi connectivity index (χ0n) is 19.4. The first-order valence-electron chi connectivity index (χ1n) is 11.2. The lowest BCUT2D eigenvalue weighted by Crippen LogP contribution is -2.13. The fourth-order valence-corrected chi connectivity index (χ4v) is 6.24. The highest BCUT2D eigenvalue weighted by molar-refractivity contribution is 14.1. The van der Waals surface area contributed by atoms with Gasteiger partial charge in [0, 0.05) is 9.35 Å². The predicted molar refractivity (Wildman–Crippen MR) is 152 cm³/mol. The Bertz CT molecular complexity index is 1420. The zero-order valence-corrected chi connectivity index (χ0v) is 23.9. The molecule has 0 spiro atoms. The molecule has 9 heteroatoms. The number of hydrogen-bond acceptors (Lipinski definition) is 6. The van der Waals surface area contributed by atoms with Crippen LogP contribution >= 0.6 is 49.9 Å². The van der Waals surface area contributed by atoms with Gasteiger partial charge in [-0.3, -0.25) is 4.79 Å². The van der Waals surface area contributed by atoms with Crippen LogP contribution in [-0.4, -0.2) is 13.0 Å². The average molecular weight is 674 g/mol. The first kappa shape index (κ1) is 26.2. The minimum absolute atomic E-state index is 0.0633. The fourth-order valence-electron chi connectivity index (χ4n) is 3.96. The van der Waals surface area contributed by atoms with Crippen molar-refractivity contribution in [2.75, 3.05) is 12.4 Å². The Kier molecular flexibility index (Phi) is 8.68. The van der Waals surface area contributed by atoms with Gasteiger partial charge in [0.15, 0.2) is 11.5 Å². The maximum absolute atomic E-state index is 13.0. The molecular formula is C27H21BrIN3O3S. The number of nitriles is 2. The van der Waals surface area contributed by atoms with Gasteiger partial charge < -0.3 is 14.8 Å². The Morgan fingerprint density at radius 3 is 2.67 bits per heavy atom. The van der Waals surface area contributed by atoms with Crippen LogP contribution in [0.3, 0.4) is 0 Å². The molecule has 1 aromatic heterocycles. The number of ether oxygens (including phenoxy) is 2. The van der Waals surface area contributed by atoms with Crippen LogP contribution in [0.5, 0.6) is 11.5 Å². The maximum atomic E-state index is 13.0. The summed E-state index contributed by atoms with van der Waals surface area (Å²) < 4.78 is 13.3. The number of nitrogens with zero attached hydrogens (tertiary/aromatic N) is 2. The standard InChI is InChI=1S/C27H21BrIN3O3S/c1-34-23-12-17(11-22(29)25(23)35-15-16-6-8-19(28)9-7-16)10-18(13-30)26(33)32-27-21(14-31)20-4-2-3-5-24(20)36-27/h6-12H,2-5,15H2,1H3,(H,32,33)/b18-10+. The van der Waals surface area contributed by atoms with Gasteiger partial charge in [-0.25, -0.2) is 0 Å². The smallest absolute Gasteiger partial charge is 0.266 e. The maximum Gasteiger partial charge on any atom is 0.266 e. The van der Waals surface area contributed by atoms with E-state index in [-0.39, 0.29) is 5.57 Å². The second-order valence-electron chi connectivity index (χ2n) is 8.10. The van der Waals surface area contributed by atoms with Crippen LogP contribution in [0.1, 0.15) is 40.0 Å². The van der Waals surface area contributed by atoms with Crippen molar-refractivity contribution in [3.05, 3.63) is 77.1 Å². The van der Waals surface area contributed by atoms with E-state index in [0.29, 0.717) is 34.2 Å². The zero-order chi connectivity index (χ0) is 25.7. The summed E-state index contributed by atoms with van der Waals surface area (Å²) in [5.74, 6) is 0.543. The van der Waals surface area contributed by atoms with E-state index < -0.39 is 5.91 Å². The largest absolute Gasteiger partial charge is 0.493 e. The lowest BCUT2D eigenvalue weighted by atomic mass is 9.96. The summed E-state index contributed by atoms with van der Waals surface area (Å²) in [4.78, 5) is 14.1. The summed E-state index contributed by atoms with van der Waals surface area (Å²) in [7, 11) is 1.55. The molecule has 182 valence electrons. The molecule has 4 rings (SSSR count). The van der Waals surface area contributed by atoms with Crippen LogP contribution in [0, 0.1) is 26.2 Å². The second kappa shape index (κ2) is 11.9. The van der Waals surface area contributed by atoms with Crippen molar-refractivity contribution in [2.24, 2.45) is 0 Å². The molecule has 1 amide bonds. The van der Waals surface area contributed by atoms with E-state index in [4.69, 9.17) is 9.47 Å². The van der Waals surface area contributed by atoms with Crippen molar-refractivity contribution in [3.63, 3.8) is 0 Å². The Hall–Kier alpha value is -2.86. The molecule has 36 heavy (non-hydrogen) atoms. The van der Waals surface area contributed by atoms with Gasteiger partial charge in [0.05, 0.1) is 16.2 Å². The van der Waals surface area contributed by atoms with Crippen molar-refractivity contribution in [1.82, 2.24) is 0 Å². The average Bonchev–Trinajstić information content (AvgIpc) is 3.24. The molecule has 0 unspecified atom stereocenters. The normalized spacial score (nSPS) is 12.8. The van der Waals surface area contributed by atoms with Crippen LogP contribution in [0.15, 0.2) is 46.4 Å². The quantitative estimate of drug-likeness (QED) is 0.166. The molecule has 0 fully saturated rings. The number of hydrogen-bond donors (Lipinski definition) is 1. The molecule has 0 saturated heterocycles. The van der Waals surface area contributed by atoms with E-state index in [9.17, 15) is 15.3 Å². The number of thiophene rings is 1. The molecule has 6 nitrogen and oxygen atoms in total. The highest BCUT2D eigenvalue weighted by Gasteiger charge is 2.23. The first-order valence-corrected chi connectivity index (χ1v) is 13.8. The van der Waals surface area contributed by atoms with Gasteiger partial charge in [0.1, 0.15) is 29.3 Å². The number of carbonyl (C=O) groups is 1. The van der Waals surface area contributed by atoms with Gasteiger partial charge in [-0.1, -0.05) is 28.1 Å². The highest BCUT2D eigenvalue weighted by Crippen LogP contribution is 2.38. The fraction of sp³-hybridized carbons (Fsp3) is 0.222. The molecule has 0 saturated carbocycles. The highest BCUT2D eigenvalue weighted by atomic mass is 127. The van der Waals surface area contributed by atoms with E-state index in [1.54, 1.807) is 13.2 Å². The molecular weight excluding hydrogens is 653 g/mol. The molecule has 0 bridgehead atoms. The van der Waals surface area contributed by atoms with Gasteiger partial charge in [0.25, 0.3) is 5.91 Å². The number of amides is 1. The number of halogens is 2. The molecule has 0 aliphatic heterocycles. The van der Waals surface area contributed by atoms with Gasteiger partial charge >= 0.3 is 0 Å². The topological polar surface area (TPSA) is 95.1 Å². The summed E-state index contributed by atoms with van der Waals surface area (Å²) in [6.45, 7) is 0.368. The van der Waals surface area contributed by atoms with Crippen molar-refractivity contribution >= 4 is 66.8 Å². The van der Waals surface area contributed by atoms with Crippen molar-refractivity contribution in [2.45, 2.75) is 32.3 Å². The summed E-state index contributed by atoms with van der Waals surface area (Å²) in [6, 6.07) is 15.6. The molecule has 3 aromatic rings. The summed E-state index contributed by atoms with van der Waals surface area (Å²) >= 11 is 7.01. The third-order valence-electron chi connectivity index (χ3n) is 5.73. The third-order valence-corrected chi connectivity index (χ3v) is 8.27. The van der Waals surface area contributed by atoms with E-state index in [2.05, 4.69) is 49.9 Å².